The molecular weight excluding hydrogens is 260 g/mol. The first kappa shape index (κ1) is 14.1. The van der Waals surface area contributed by atoms with Gasteiger partial charge >= 0.3 is 5.97 Å². The maximum Gasteiger partial charge on any atom is 0.344 e. The van der Waals surface area contributed by atoms with Crippen LogP contribution < -0.4 is 4.74 Å². The number of fused-ring (bicyclic) bond motifs is 1. The van der Waals surface area contributed by atoms with E-state index in [9.17, 15) is 4.79 Å². The van der Waals surface area contributed by atoms with Crippen molar-refractivity contribution in [2.45, 2.75) is 40.5 Å². The Labute approximate surface area is 126 Å². The van der Waals surface area contributed by atoms with Crippen molar-refractivity contribution < 1.29 is 9.53 Å². The minimum absolute atomic E-state index is 0.163. The van der Waals surface area contributed by atoms with E-state index in [1.807, 2.05) is 30.3 Å². The minimum Gasteiger partial charge on any atom is -0.422 e. The molecule has 0 bridgehead atoms. The van der Waals surface area contributed by atoms with Gasteiger partial charge in [-0.25, -0.2) is 4.79 Å². The molecule has 0 saturated heterocycles. The molecule has 0 aromatic heterocycles. The average molecular weight is 282 g/mol. The lowest BCUT2D eigenvalue weighted by atomic mass is 9.66. The molecule has 2 aliphatic rings. The Morgan fingerprint density at radius 1 is 1.14 bits per heavy atom. The highest BCUT2D eigenvalue weighted by Crippen LogP contribution is 2.46. The van der Waals surface area contributed by atoms with Gasteiger partial charge in [0.15, 0.2) is 0 Å². The van der Waals surface area contributed by atoms with Crippen LogP contribution in [0.15, 0.2) is 42.0 Å². The number of carbonyl (C=O) groups excluding carboxylic acids is 1. The van der Waals surface area contributed by atoms with Crippen LogP contribution in [-0.4, -0.2) is 5.97 Å². The van der Waals surface area contributed by atoms with E-state index in [-0.39, 0.29) is 16.8 Å². The molecule has 0 radical (unpaired) electrons. The molecule has 0 fully saturated rings. The van der Waals surface area contributed by atoms with Crippen molar-refractivity contribution in [2.24, 2.45) is 10.8 Å². The number of allylic oxidation sites excluding steroid dienone is 3. The summed E-state index contributed by atoms with van der Waals surface area (Å²) < 4.78 is 5.33. The van der Waals surface area contributed by atoms with E-state index < -0.39 is 0 Å². The van der Waals surface area contributed by atoms with Gasteiger partial charge in [-0.1, -0.05) is 57.5 Å². The van der Waals surface area contributed by atoms with Gasteiger partial charge in [-0.05, 0) is 35.8 Å². The van der Waals surface area contributed by atoms with Crippen molar-refractivity contribution in [1.82, 2.24) is 0 Å². The predicted octanol–water partition coefficient (Wildman–Crippen LogP) is 4.76. The lowest BCUT2D eigenvalue weighted by Gasteiger charge is -2.38. The summed E-state index contributed by atoms with van der Waals surface area (Å²) in [6.07, 6.45) is 6.49. The average Bonchev–Trinajstić information content (AvgIpc) is 2.62. The normalized spacial score (nSPS) is 24.5. The summed E-state index contributed by atoms with van der Waals surface area (Å²) >= 11 is 0. The van der Waals surface area contributed by atoms with Gasteiger partial charge in [-0.2, -0.15) is 0 Å². The summed E-state index contributed by atoms with van der Waals surface area (Å²) in [4.78, 5) is 12.1. The molecular formula is C19H22O2. The molecule has 1 aromatic carbocycles. The maximum atomic E-state index is 12.1. The fraction of sp³-hybridized carbons (Fsp3) is 0.421. The molecule has 0 saturated carbocycles. The first-order chi connectivity index (χ1) is 9.76. The number of benzene rings is 1. The van der Waals surface area contributed by atoms with Gasteiger partial charge < -0.3 is 4.74 Å². The van der Waals surface area contributed by atoms with Gasteiger partial charge in [0.05, 0.1) is 5.57 Å². The number of hydrogen-bond acceptors (Lipinski definition) is 2. The predicted molar refractivity (Wildman–Crippen MR) is 84.9 cm³/mol. The van der Waals surface area contributed by atoms with E-state index >= 15 is 0 Å². The summed E-state index contributed by atoms with van der Waals surface area (Å²) in [6.45, 7) is 9.10. The van der Waals surface area contributed by atoms with Crippen LogP contribution in [0, 0.1) is 10.8 Å². The molecule has 0 amide bonds. The van der Waals surface area contributed by atoms with Crippen molar-refractivity contribution in [3.63, 3.8) is 0 Å². The molecule has 1 aromatic rings. The zero-order chi connectivity index (χ0) is 15.3. The molecule has 1 heterocycles. The van der Waals surface area contributed by atoms with E-state index in [4.69, 9.17) is 4.74 Å². The van der Waals surface area contributed by atoms with Gasteiger partial charge in [0.2, 0.25) is 0 Å². The minimum atomic E-state index is -0.238. The van der Waals surface area contributed by atoms with Crippen molar-refractivity contribution in [3.05, 3.63) is 47.6 Å². The number of para-hydroxylation sites is 1. The van der Waals surface area contributed by atoms with Crippen molar-refractivity contribution >= 4 is 11.5 Å². The summed E-state index contributed by atoms with van der Waals surface area (Å²) in [7, 11) is 0. The second-order valence-electron chi connectivity index (χ2n) is 7.67. The zero-order valence-electron chi connectivity index (χ0n) is 13.2. The number of esters is 1. The highest BCUT2D eigenvalue weighted by Gasteiger charge is 2.34. The van der Waals surface area contributed by atoms with Crippen LogP contribution in [0.1, 0.15) is 46.1 Å². The monoisotopic (exact) mass is 282 g/mol. The highest BCUT2D eigenvalue weighted by molar-refractivity contribution is 6.21. The Balaban J connectivity index is 2.02. The van der Waals surface area contributed by atoms with Crippen molar-refractivity contribution in [1.29, 1.82) is 0 Å². The van der Waals surface area contributed by atoms with Crippen LogP contribution >= 0.6 is 0 Å². The van der Waals surface area contributed by atoms with E-state index in [1.54, 1.807) is 0 Å². The maximum absolute atomic E-state index is 12.1. The van der Waals surface area contributed by atoms with Crippen LogP contribution in [0.5, 0.6) is 5.75 Å². The summed E-state index contributed by atoms with van der Waals surface area (Å²) in [5, 5.41) is 0. The molecule has 0 atom stereocenters. The number of carbonyl (C=O) groups is 1. The molecule has 0 unspecified atom stereocenters. The van der Waals surface area contributed by atoms with Crippen molar-refractivity contribution in [2.75, 3.05) is 0 Å². The molecule has 110 valence electrons. The van der Waals surface area contributed by atoms with Crippen LogP contribution in [0.25, 0.3) is 5.57 Å². The van der Waals surface area contributed by atoms with E-state index in [0.717, 1.165) is 18.4 Å². The molecule has 2 heteroatoms. The zero-order valence-corrected chi connectivity index (χ0v) is 13.2. The lowest BCUT2D eigenvalue weighted by molar-refractivity contribution is -0.126. The lowest BCUT2D eigenvalue weighted by Crippen LogP contribution is -2.26. The van der Waals surface area contributed by atoms with Crippen LogP contribution in [0.2, 0.25) is 0 Å². The van der Waals surface area contributed by atoms with Gasteiger partial charge in [0, 0.05) is 5.56 Å². The number of rotatable bonds is 1. The van der Waals surface area contributed by atoms with Gasteiger partial charge in [0.1, 0.15) is 5.75 Å². The highest BCUT2D eigenvalue weighted by atomic mass is 16.5. The summed E-state index contributed by atoms with van der Waals surface area (Å²) in [6, 6.07) is 7.63. The van der Waals surface area contributed by atoms with Crippen LogP contribution in [0.4, 0.5) is 0 Å². The van der Waals surface area contributed by atoms with Gasteiger partial charge in [-0.15, -0.1) is 0 Å². The first-order valence-electron chi connectivity index (χ1n) is 7.51. The Kier molecular flexibility index (Phi) is 3.09. The Morgan fingerprint density at radius 2 is 1.86 bits per heavy atom. The summed E-state index contributed by atoms with van der Waals surface area (Å²) in [5.41, 5.74) is 3.25. The molecule has 0 N–H and O–H groups in total. The third-order valence-electron chi connectivity index (χ3n) is 4.12. The second kappa shape index (κ2) is 4.59. The molecule has 1 aliphatic heterocycles. The van der Waals surface area contributed by atoms with Crippen LogP contribution in [-0.2, 0) is 4.79 Å². The standard InChI is InChI=1S/C19H22O2/c1-18(2)10-13(11-19(3,4)12-18)9-15-14-7-5-6-8-16(14)21-17(15)20/h5-10H,11-12H2,1-4H3/b15-9+. The molecule has 0 spiro atoms. The number of ether oxygens (including phenoxy) is 1. The molecule has 3 rings (SSSR count). The van der Waals surface area contributed by atoms with Crippen LogP contribution in [0.3, 0.4) is 0 Å². The smallest absolute Gasteiger partial charge is 0.344 e. The molecule has 2 nitrogen and oxygen atoms in total. The topological polar surface area (TPSA) is 26.3 Å². The fourth-order valence-electron chi connectivity index (χ4n) is 3.91. The third kappa shape index (κ3) is 2.80. The number of hydrogen-bond donors (Lipinski definition) is 0. The first-order valence-corrected chi connectivity index (χ1v) is 7.51. The third-order valence-corrected chi connectivity index (χ3v) is 4.12. The van der Waals surface area contributed by atoms with E-state index in [0.29, 0.717) is 11.3 Å². The Hall–Kier alpha value is -1.83. The van der Waals surface area contributed by atoms with Gasteiger partial charge in [0.25, 0.3) is 0 Å². The van der Waals surface area contributed by atoms with E-state index in [1.165, 1.54) is 5.57 Å². The Morgan fingerprint density at radius 3 is 2.57 bits per heavy atom. The van der Waals surface area contributed by atoms with Crippen molar-refractivity contribution in [3.8, 4) is 5.75 Å². The van der Waals surface area contributed by atoms with E-state index in [2.05, 4.69) is 33.8 Å². The molecule has 1 aliphatic carbocycles. The molecule has 21 heavy (non-hydrogen) atoms. The second-order valence-corrected chi connectivity index (χ2v) is 7.67. The fourth-order valence-corrected chi connectivity index (χ4v) is 3.91. The largest absolute Gasteiger partial charge is 0.422 e. The quantitative estimate of drug-likeness (QED) is 0.421. The SMILES string of the molecule is CC1(C)C=C(/C=C2/C(=O)Oc3ccccc32)CC(C)(C)C1. The summed E-state index contributed by atoms with van der Waals surface area (Å²) in [5.74, 6) is 0.432. The van der Waals surface area contributed by atoms with Gasteiger partial charge in [-0.3, -0.25) is 0 Å². The Bertz CT molecular complexity index is 660.